The van der Waals surface area contributed by atoms with E-state index in [1.807, 2.05) is 54.6 Å². The third-order valence-corrected chi connectivity index (χ3v) is 8.04. The van der Waals surface area contributed by atoms with Gasteiger partial charge in [-0.25, -0.2) is 8.42 Å². The summed E-state index contributed by atoms with van der Waals surface area (Å²) < 4.78 is 32.1. The van der Waals surface area contributed by atoms with Gasteiger partial charge < -0.3 is 15.4 Å². The summed E-state index contributed by atoms with van der Waals surface area (Å²) in [6, 6.07) is 24.1. The summed E-state index contributed by atoms with van der Waals surface area (Å²) in [5.41, 5.74) is 1.41. The first-order chi connectivity index (χ1) is 16.0. The first-order valence-electron chi connectivity index (χ1n) is 10.6. The van der Waals surface area contributed by atoms with Gasteiger partial charge in [0.1, 0.15) is 0 Å². The summed E-state index contributed by atoms with van der Waals surface area (Å²) in [5, 5.41) is 5.99. The highest BCUT2D eigenvalue weighted by Crippen LogP contribution is 2.33. The Morgan fingerprint density at radius 1 is 0.909 bits per heavy atom. The van der Waals surface area contributed by atoms with Gasteiger partial charge in [0.25, 0.3) is 0 Å². The molecule has 0 atom stereocenters. The van der Waals surface area contributed by atoms with Gasteiger partial charge in [-0.15, -0.1) is 0 Å². The van der Waals surface area contributed by atoms with Gasteiger partial charge in [-0.05, 0) is 48.5 Å². The van der Waals surface area contributed by atoms with Crippen molar-refractivity contribution in [3.05, 3.63) is 78.9 Å². The Morgan fingerprint density at radius 3 is 2.30 bits per heavy atom. The van der Waals surface area contributed by atoms with Crippen LogP contribution in [-0.4, -0.2) is 51.5 Å². The van der Waals surface area contributed by atoms with Crippen LogP contribution in [0.3, 0.4) is 0 Å². The van der Waals surface area contributed by atoms with Crippen LogP contribution in [-0.2, 0) is 19.6 Å². The molecule has 7 nitrogen and oxygen atoms in total. The van der Waals surface area contributed by atoms with Crippen LogP contribution in [0.2, 0.25) is 0 Å². The number of sulfonamides is 1. The third-order valence-electron chi connectivity index (χ3n) is 5.05. The fourth-order valence-electron chi connectivity index (χ4n) is 3.33. The summed E-state index contributed by atoms with van der Waals surface area (Å²) >= 11 is 1.58. The van der Waals surface area contributed by atoms with E-state index >= 15 is 0 Å². The van der Waals surface area contributed by atoms with Gasteiger partial charge in [0.2, 0.25) is 15.9 Å². The largest absolute Gasteiger partial charge is 0.379 e. The number of carbonyl (C=O) groups excluding carboxylic acids is 1. The fraction of sp³-hybridized carbons (Fsp3) is 0.208. The summed E-state index contributed by atoms with van der Waals surface area (Å²) in [7, 11) is -3.54. The van der Waals surface area contributed by atoms with Crippen molar-refractivity contribution >= 4 is 39.1 Å². The van der Waals surface area contributed by atoms with Gasteiger partial charge in [-0.2, -0.15) is 4.31 Å². The highest BCUT2D eigenvalue weighted by molar-refractivity contribution is 7.99. The molecule has 0 saturated carbocycles. The van der Waals surface area contributed by atoms with Gasteiger partial charge in [-0.3, -0.25) is 4.79 Å². The Morgan fingerprint density at radius 2 is 1.58 bits per heavy atom. The Balaban J connectivity index is 1.34. The van der Waals surface area contributed by atoms with Crippen molar-refractivity contribution in [3.8, 4) is 0 Å². The summed E-state index contributed by atoms with van der Waals surface area (Å²) in [4.78, 5) is 14.8. The van der Waals surface area contributed by atoms with Crippen molar-refractivity contribution in [2.45, 2.75) is 14.7 Å². The van der Waals surface area contributed by atoms with E-state index in [0.29, 0.717) is 32.0 Å². The second kappa shape index (κ2) is 10.8. The van der Waals surface area contributed by atoms with E-state index in [2.05, 4.69) is 10.6 Å². The molecule has 1 heterocycles. The van der Waals surface area contributed by atoms with Gasteiger partial charge in [-0.1, -0.05) is 42.1 Å². The van der Waals surface area contributed by atoms with E-state index in [9.17, 15) is 13.2 Å². The van der Waals surface area contributed by atoms with Crippen LogP contribution in [0.1, 0.15) is 0 Å². The molecule has 0 unspecified atom stereocenters. The molecule has 33 heavy (non-hydrogen) atoms. The van der Waals surface area contributed by atoms with Crippen molar-refractivity contribution in [1.82, 2.24) is 4.31 Å². The zero-order valence-corrected chi connectivity index (χ0v) is 19.6. The maximum Gasteiger partial charge on any atom is 0.243 e. The van der Waals surface area contributed by atoms with Crippen molar-refractivity contribution in [2.75, 3.05) is 43.5 Å². The lowest BCUT2D eigenvalue weighted by Crippen LogP contribution is -2.40. The van der Waals surface area contributed by atoms with Crippen LogP contribution in [0.4, 0.5) is 11.4 Å². The molecule has 4 rings (SSSR count). The van der Waals surface area contributed by atoms with E-state index in [1.165, 1.54) is 4.31 Å². The van der Waals surface area contributed by atoms with Crippen molar-refractivity contribution in [2.24, 2.45) is 0 Å². The lowest BCUT2D eigenvalue weighted by molar-refractivity contribution is -0.114. The highest BCUT2D eigenvalue weighted by Gasteiger charge is 2.26. The third kappa shape index (κ3) is 6.14. The normalized spacial score (nSPS) is 14.5. The Bertz CT molecular complexity index is 1180. The number of carbonyl (C=O) groups is 1. The Hall–Kier alpha value is -2.85. The maximum absolute atomic E-state index is 12.7. The molecular formula is C24H25N3O4S2. The van der Waals surface area contributed by atoms with Crippen LogP contribution in [0.25, 0.3) is 0 Å². The lowest BCUT2D eigenvalue weighted by Gasteiger charge is -2.26. The van der Waals surface area contributed by atoms with E-state index < -0.39 is 10.0 Å². The first kappa shape index (κ1) is 23.3. The summed E-state index contributed by atoms with van der Waals surface area (Å²) in [6.07, 6.45) is 0. The van der Waals surface area contributed by atoms with Gasteiger partial charge in [0, 0.05) is 28.6 Å². The Kier molecular flexibility index (Phi) is 7.66. The van der Waals surface area contributed by atoms with Crippen LogP contribution in [0.5, 0.6) is 0 Å². The summed E-state index contributed by atoms with van der Waals surface area (Å²) in [6.45, 7) is 1.57. The van der Waals surface area contributed by atoms with Gasteiger partial charge in [0.05, 0.1) is 30.3 Å². The number of morpholine rings is 1. The monoisotopic (exact) mass is 483 g/mol. The minimum atomic E-state index is -3.54. The van der Waals surface area contributed by atoms with Crippen molar-refractivity contribution < 1.29 is 17.9 Å². The lowest BCUT2D eigenvalue weighted by atomic mass is 10.3. The minimum absolute atomic E-state index is 0.0555. The minimum Gasteiger partial charge on any atom is -0.379 e. The molecule has 1 aliphatic heterocycles. The summed E-state index contributed by atoms with van der Waals surface area (Å²) in [5.74, 6) is -0.193. The molecule has 9 heteroatoms. The van der Waals surface area contributed by atoms with E-state index in [1.54, 1.807) is 36.0 Å². The topological polar surface area (TPSA) is 87.7 Å². The molecule has 0 radical (unpaired) electrons. The van der Waals surface area contributed by atoms with E-state index in [4.69, 9.17) is 4.74 Å². The molecular weight excluding hydrogens is 458 g/mol. The number of anilines is 2. The highest BCUT2D eigenvalue weighted by atomic mass is 32.2. The number of benzene rings is 3. The second-order valence-electron chi connectivity index (χ2n) is 7.35. The molecule has 3 aromatic rings. The van der Waals surface area contributed by atoms with Crippen molar-refractivity contribution in [3.63, 3.8) is 0 Å². The fourth-order valence-corrected chi connectivity index (χ4v) is 5.66. The number of ether oxygens (including phenoxy) is 1. The number of hydrogen-bond acceptors (Lipinski definition) is 6. The molecule has 1 amide bonds. The zero-order valence-electron chi connectivity index (χ0n) is 17.9. The van der Waals surface area contributed by atoms with E-state index in [-0.39, 0.29) is 17.3 Å². The second-order valence-corrected chi connectivity index (χ2v) is 10.4. The quantitative estimate of drug-likeness (QED) is 0.505. The zero-order chi connectivity index (χ0) is 23.1. The van der Waals surface area contributed by atoms with Crippen LogP contribution in [0, 0.1) is 0 Å². The molecule has 2 N–H and O–H groups in total. The maximum atomic E-state index is 12.7. The van der Waals surface area contributed by atoms with Crippen molar-refractivity contribution in [1.29, 1.82) is 0 Å². The number of nitrogens with zero attached hydrogens (tertiary/aromatic N) is 1. The standard InChI is InChI=1S/C24H25N3O4S2/c28-24(26-22-8-4-5-9-23(22)32-20-6-2-1-3-7-20)18-25-19-10-12-21(13-11-19)33(29,30)27-14-16-31-17-15-27/h1-13,25H,14-18H2,(H,26,28). The van der Waals surface area contributed by atoms with Crippen LogP contribution >= 0.6 is 11.8 Å². The number of nitrogens with one attached hydrogen (secondary N) is 2. The average Bonchev–Trinajstić information content (AvgIpc) is 2.85. The predicted octanol–water partition coefficient (Wildman–Crippen LogP) is 3.91. The van der Waals surface area contributed by atoms with Crippen LogP contribution < -0.4 is 10.6 Å². The molecule has 1 fully saturated rings. The molecule has 0 aromatic heterocycles. The SMILES string of the molecule is O=C(CNc1ccc(S(=O)(=O)N2CCOCC2)cc1)Nc1ccccc1Sc1ccccc1. The van der Waals surface area contributed by atoms with Gasteiger partial charge in [0.15, 0.2) is 0 Å². The number of hydrogen-bond donors (Lipinski definition) is 2. The molecule has 1 aliphatic rings. The molecule has 0 bridgehead atoms. The Labute approximate surface area is 198 Å². The van der Waals surface area contributed by atoms with Gasteiger partial charge >= 0.3 is 0 Å². The van der Waals surface area contributed by atoms with Crippen LogP contribution in [0.15, 0.2) is 93.5 Å². The molecule has 1 saturated heterocycles. The smallest absolute Gasteiger partial charge is 0.243 e. The van der Waals surface area contributed by atoms with E-state index in [0.717, 1.165) is 15.5 Å². The molecule has 0 spiro atoms. The predicted molar refractivity (Wildman–Crippen MR) is 130 cm³/mol. The average molecular weight is 484 g/mol. The number of amides is 1. The molecule has 3 aromatic carbocycles. The number of rotatable bonds is 8. The molecule has 172 valence electrons. The molecule has 0 aliphatic carbocycles. The number of para-hydroxylation sites is 1. The first-order valence-corrected chi connectivity index (χ1v) is 12.8.